The molecule has 0 aliphatic carbocycles. The first-order chi connectivity index (χ1) is 9.70. The maximum Gasteiger partial charge on any atom is 0.134 e. The van der Waals surface area contributed by atoms with Crippen LogP contribution in [0, 0.1) is 0 Å². The molecular weight excluding hydrogens is 252 g/mol. The maximum atomic E-state index is 8.77. The van der Waals surface area contributed by atoms with E-state index in [-0.39, 0.29) is 6.61 Å². The summed E-state index contributed by atoms with van der Waals surface area (Å²) in [6, 6.07) is 0. The van der Waals surface area contributed by atoms with Crippen molar-refractivity contribution in [1.82, 2.24) is 9.97 Å². The molecule has 0 spiro atoms. The standard InChI is InChI=1S/C15H28N4O/c1-4-8-16-14-13(12(2)3)15(19-11-18-14)17-9-6-5-7-10-20/h11-12,20H,4-10H2,1-3H3,(H2,16,17,18,19). The van der Waals surface area contributed by atoms with Crippen LogP contribution in [0.1, 0.15) is 57.9 Å². The minimum Gasteiger partial charge on any atom is -0.396 e. The van der Waals surface area contributed by atoms with Crippen LogP contribution in [0.3, 0.4) is 0 Å². The number of hydrogen-bond acceptors (Lipinski definition) is 5. The Morgan fingerprint density at radius 1 is 1.05 bits per heavy atom. The molecule has 1 heterocycles. The first-order valence-corrected chi connectivity index (χ1v) is 7.64. The highest BCUT2D eigenvalue weighted by Gasteiger charge is 2.14. The zero-order chi connectivity index (χ0) is 14.8. The van der Waals surface area contributed by atoms with E-state index in [1.54, 1.807) is 6.33 Å². The Balaban J connectivity index is 2.68. The Bertz CT molecular complexity index is 382. The normalized spacial score (nSPS) is 10.8. The molecule has 0 radical (unpaired) electrons. The quantitative estimate of drug-likeness (QED) is 0.575. The van der Waals surface area contributed by atoms with Gasteiger partial charge in [0.05, 0.1) is 0 Å². The van der Waals surface area contributed by atoms with Crippen LogP contribution in [0.2, 0.25) is 0 Å². The molecule has 114 valence electrons. The number of anilines is 2. The molecule has 0 bridgehead atoms. The van der Waals surface area contributed by atoms with Crippen LogP contribution in [-0.4, -0.2) is 34.8 Å². The lowest BCUT2D eigenvalue weighted by molar-refractivity contribution is 0.283. The van der Waals surface area contributed by atoms with E-state index in [0.717, 1.165) is 56.0 Å². The molecule has 0 unspecified atom stereocenters. The Morgan fingerprint density at radius 2 is 1.70 bits per heavy atom. The van der Waals surface area contributed by atoms with Crippen molar-refractivity contribution >= 4 is 11.6 Å². The summed E-state index contributed by atoms with van der Waals surface area (Å²) < 4.78 is 0. The van der Waals surface area contributed by atoms with Gasteiger partial charge in [-0.3, -0.25) is 0 Å². The summed E-state index contributed by atoms with van der Waals surface area (Å²) in [5.74, 6) is 2.24. The van der Waals surface area contributed by atoms with E-state index in [2.05, 4.69) is 41.4 Å². The number of nitrogens with one attached hydrogen (secondary N) is 2. The average molecular weight is 280 g/mol. The number of aromatic nitrogens is 2. The monoisotopic (exact) mass is 280 g/mol. The van der Waals surface area contributed by atoms with E-state index < -0.39 is 0 Å². The second kappa shape index (κ2) is 9.53. The predicted molar refractivity (Wildman–Crippen MR) is 84.3 cm³/mol. The van der Waals surface area contributed by atoms with Crippen molar-refractivity contribution in [2.75, 3.05) is 30.3 Å². The van der Waals surface area contributed by atoms with Gasteiger partial charge in [-0.2, -0.15) is 0 Å². The summed E-state index contributed by atoms with van der Waals surface area (Å²) in [5, 5.41) is 15.5. The van der Waals surface area contributed by atoms with E-state index >= 15 is 0 Å². The molecule has 1 aromatic heterocycles. The lowest BCUT2D eigenvalue weighted by Crippen LogP contribution is -2.12. The molecule has 0 aliphatic heterocycles. The number of aliphatic hydroxyl groups is 1. The van der Waals surface area contributed by atoms with Crippen LogP contribution in [0.4, 0.5) is 11.6 Å². The highest BCUT2D eigenvalue weighted by Crippen LogP contribution is 2.28. The first-order valence-electron chi connectivity index (χ1n) is 7.64. The van der Waals surface area contributed by atoms with Crippen molar-refractivity contribution < 1.29 is 5.11 Å². The van der Waals surface area contributed by atoms with Crippen molar-refractivity contribution in [3.8, 4) is 0 Å². The SMILES string of the molecule is CCCNc1ncnc(NCCCCCO)c1C(C)C. The van der Waals surface area contributed by atoms with Gasteiger partial charge in [-0.15, -0.1) is 0 Å². The fraction of sp³-hybridized carbons (Fsp3) is 0.733. The molecule has 1 rings (SSSR count). The van der Waals surface area contributed by atoms with E-state index in [9.17, 15) is 0 Å². The van der Waals surface area contributed by atoms with Crippen molar-refractivity contribution in [3.05, 3.63) is 11.9 Å². The van der Waals surface area contributed by atoms with Gasteiger partial charge in [-0.25, -0.2) is 9.97 Å². The third-order valence-electron chi connectivity index (χ3n) is 3.13. The van der Waals surface area contributed by atoms with Crippen molar-refractivity contribution in [3.63, 3.8) is 0 Å². The van der Waals surface area contributed by atoms with Gasteiger partial charge in [-0.05, 0) is 31.6 Å². The third kappa shape index (κ3) is 5.33. The molecule has 20 heavy (non-hydrogen) atoms. The molecule has 0 aromatic carbocycles. The molecular formula is C15H28N4O. The highest BCUT2D eigenvalue weighted by atomic mass is 16.2. The third-order valence-corrected chi connectivity index (χ3v) is 3.13. The van der Waals surface area contributed by atoms with Crippen LogP contribution < -0.4 is 10.6 Å². The van der Waals surface area contributed by atoms with Gasteiger partial charge in [0, 0.05) is 25.3 Å². The van der Waals surface area contributed by atoms with Gasteiger partial charge in [0.25, 0.3) is 0 Å². The van der Waals surface area contributed by atoms with Crippen LogP contribution >= 0.6 is 0 Å². The number of hydrogen-bond donors (Lipinski definition) is 3. The Labute approximate surface area is 122 Å². The summed E-state index contributed by atoms with van der Waals surface area (Å²) >= 11 is 0. The van der Waals surface area contributed by atoms with E-state index in [1.165, 1.54) is 0 Å². The van der Waals surface area contributed by atoms with Gasteiger partial charge in [0.15, 0.2) is 0 Å². The number of nitrogens with zero attached hydrogens (tertiary/aromatic N) is 2. The second-order valence-corrected chi connectivity index (χ2v) is 5.28. The molecule has 0 saturated heterocycles. The zero-order valence-corrected chi connectivity index (χ0v) is 12.9. The highest BCUT2D eigenvalue weighted by molar-refractivity contribution is 5.58. The Kier molecular flexibility index (Phi) is 7.95. The first kappa shape index (κ1) is 16.7. The summed E-state index contributed by atoms with van der Waals surface area (Å²) in [5.41, 5.74) is 1.16. The minimum atomic E-state index is 0.274. The summed E-state index contributed by atoms with van der Waals surface area (Å²) in [6.45, 7) is 8.54. The maximum absolute atomic E-state index is 8.77. The fourth-order valence-corrected chi connectivity index (χ4v) is 2.09. The van der Waals surface area contributed by atoms with Crippen LogP contribution in [0.15, 0.2) is 6.33 Å². The number of unbranched alkanes of at least 4 members (excludes halogenated alkanes) is 2. The molecule has 5 heteroatoms. The second-order valence-electron chi connectivity index (χ2n) is 5.28. The molecule has 3 N–H and O–H groups in total. The van der Waals surface area contributed by atoms with Gasteiger partial charge in [0.1, 0.15) is 18.0 Å². The molecule has 0 aliphatic rings. The van der Waals surface area contributed by atoms with Crippen molar-refractivity contribution in [2.24, 2.45) is 0 Å². The largest absolute Gasteiger partial charge is 0.396 e. The van der Waals surface area contributed by atoms with Crippen LogP contribution in [0.25, 0.3) is 0 Å². The van der Waals surface area contributed by atoms with Crippen LogP contribution in [0.5, 0.6) is 0 Å². The smallest absolute Gasteiger partial charge is 0.134 e. The van der Waals surface area contributed by atoms with E-state index in [1.807, 2.05) is 0 Å². The molecule has 0 fully saturated rings. The van der Waals surface area contributed by atoms with Gasteiger partial charge >= 0.3 is 0 Å². The molecule has 5 nitrogen and oxygen atoms in total. The van der Waals surface area contributed by atoms with E-state index in [0.29, 0.717) is 5.92 Å². The lowest BCUT2D eigenvalue weighted by Gasteiger charge is -2.17. The minimum absolute atomic E-state index is 0.274. The predicted octanol–water partition coefficient (Wildman–Crippen LogP) is 3.00. The Hall–Kier alpha value is -1.36. The van der Waals surface area contributed by atoms with E-state index in [4.69, 9.17) is 5.11 Å². The fourth-order valence-electron chi connectivity index (χ4n) is 2.09. The molecule has 0 atom stereocenters. The number of rotatable bonds is 10. The summed E-state index contributed by atoms with van der Waals surface area (Å²) in [6.07, 6.45) is 5.63. The van der Waals surface area contributed by atoms with Crippen LogP contribution in [-0.2, 0) is 0 Å². The van der Waals surface area contributed by atoms with Crippen molar-refractivity contribution in [1.29, 1.82) is 0 Å². The summed E-state index contributed by atoms with van der Waals surface area (Å²) in [7, 11) is 0. The number of aliphatic hydroxyl groups excluding tert-OH is 1. The molecule has 0 saturated carbocycles. The zero-order valence-electron chi connectivity index (χ0n) is 12.9. The molecule has 0 amide bonds. The van der Waals surface area contributed by atoms with Gasteiger partial charge < -0.3 is 15.7 Å². The lowest BCUT2D eigenvalue weighted by atomic mass is 10.0. The molecule has 1 aromatic rings. The van der Waals surface area contributed by atoms with Gasteiger partial charge in [0.2, 0.25) is 0 Å². The topological polar surface area (TPSA) is 70.1 Å². The average Bonchev–Trinajstić information content (AvgIpc) is 2.44. The Morgan fingerprint density at radius 3 is 2.25 bits per heavy atom. The summed E-state index contributed by atoms with van der Waals surface area (Å²) in [4.78, 5) is 8.74. The van der Waals surface area contributed by atoms with Crippen molar-refractivity contribution in [2.45, 2.75) is 52.4 Å². The van der Waals surface area contributed by atoms with Gasteiger partial charge in [-0.1, -0.05) is 20.8 Å².